The molecule has 0 spiro atoms. The molecular formula is C13H10N2O4S. The molecular weight excluding hydrogens is 280 g/mol. The zero-order chi connectivity index (χ0) is 14.3. The third kappa shape index (κ3) is 2.01. The first-order valence-electron chi connectivity index (χ1n) is 5.81. The Kier molecular flexibility index (Phi) is 2.90. The van der Waals surface area contributed by atoms with Gasteiger partial charge in [0.05, 0.1) is 18.4 Å². The average molecular weight is 290 g/mol. The lowest BCUT2D eigenvalue weighted by Crippen LogP contribution is -2.20. The average Bonchev–Trinajstić information content (AvgIpc) is 3.00. The van der Waals surface area contributed by atoms with E-state index >= 15 is 0 Å². The second kappa shape index (κ2) is 4.61. The second-order valence-corrected chi connectivity index (χ2v) is 5.23. The molecule has 0 atom stereocenters. The maximum absolute atomic E-state index is 12.2. The highest BCUT2D eigenvalue weighted by Gasteiger charge is 2.14. The van der Waals surface area contributed by atoms with Gasteiger partial charge in [-0.15, -0.1) is 11.3 Å². The Bertz CT molecular complexity index is 859. The second-order valence-electron chi connectivity index (χ2n) is 4.31. The van der Waals surface area contributed by atoms with Gasteiger partial charge < -0.3 is 9.52 Å². The molecule has 0 saturated heterocycles. The topological polar surface area (TPSA) is 85.3 Å². The molecule has 0 radical (unpaired) electrons. The number of rotatable bonds is 3. The van der Waals surface area contributed by atoms with Crippen LogP contribution in [0.5, 0.6) is 0 Å². The molecule has 0 amide bonds. The zero-order valence-electron chi connectivity index (χ0n) is 10.5. The van der Waals surface area contributed by atoms with Crippen LogP contribution in [-0.4, -0.2) is 20.6 Å². The summed E-state index contributed by atoms with van der Waals surface area (Å²) in [7, 11) is 0. The number of hydrogen-bond acceptors (Lipinski definition) is 5. The van der Waals surface area contributed by atoms with Crippen LogP contribution in [0.15, 0.2) is 33.1 Å². The molecule has 0 aliphatic heterocycles. The van der Waals surface area contributed by atoms with Gasteiger partial charge in [-0.05, 0) is 24.4 Å². The van der Waals surface area contributed by atoms with Crippen molar-refractivity contribution in [3.8, 4) is 0 Å². The van der Waals surface area contributed by atoms with Crippen LogP contribution in [0.2, 0.25) is 0 Å². The van der Waals surface area contributed by atoms with E-state index in [9.17, 15) is 9.59 Å². The molecule has 20 heavy (non-hydrogen) atoms. The summed E-state index contributed by atoms with van der Waals surface area (Å²) in [4.78, 5) is 27.3. The van der Waals surface area contributed by atoms with Crippen molar-refractivity contribution < 1.29 is 14.3 Å². The smallest absolute Gasteiger partial charge is 0.371 e. The van der Waals surface area contributed by atoms with Crippen molar-refractivity contribution in [1.82, 2.24) is 9.55 Å². The summed E-state index contributed by atoms with van der Waals surface area (Å²) in [6.07, 6.45) is 1.46. The SMILES string of the molecule is Cc1oc(C(=O)O)cc1Cn1cnc2ccsc2c1=O. The van der Waals surface area contributed by atoms with Crippen LogP contribution in [-0.2, 0) is 6.54 Å². The Balaban J connectivity index is 2.03. The largest absolute Gasteiger partial charge is 0.475 e. The van der Waals surface area contributed by atoms with Gasteiger partial charge in [-0.2, -0.15) is 0 Å². The number of nitrogens with zero attached hydrogens (tertiary/aromatic N) is 2. The van der Waals surface area contributed by atoms with Gasteiger partial charge in [-0.25, -0.2) is 9.78 Å². The summed E-state index contributed by atoms with van der Waals surface area (Å²) in [6.45, 7) is 1.91. The van der Waals surface area contributed by atoms with Crippen LogP contribution in [0.25, 0.3) is 10.2 Å². The van der Waals surface area contributed by atoms with Gasteiger partial charge in [-0.1, -0.05) is 0 Å². The van der Waals surface area contributed by atoms with Crippen LogP contribution in [0.3, 0.4) is 0 Å². The number of carboxylic acid groups (broad SMARTS) is 1. The van der Waals surface area contributed by atoms with E-state index < -0.39 is 5.97 Å². The lowest BCUT2D eigenvalue weighted by atomic mass is 10.2. The van der Waals surface area contributed by atoms with Crippen LogP contribution in [0.1, 0.15) is 21.9 Å². The van der Waals surface area contributed by atoms with Crippen LogP contribution in [0.4, 0.5) is 0 Å². The molecule has 102 valence electrons. The van der Waals surface area contributed by atoms with E-state index in [1.807, 2.05) is 5.38 Å². The molecule has 7 heteroatoms. The summed E-state index contributed by atoms with van der Waals surface area (Å²) in [5, 5.41) is 10.7. The number of aromatic carboxylic acids is 1. The first kappa shape index (κ1) is 12.6. The first-order chi connectivity index (χ1) is 9.56. The molecule has 0 aliphatic carbocycles. The quantitative estimate of drug-likeness (QED) is 0.798. The van der Waals surface area contributed by atoms with Crippen molar-refractivity contribution in [2.24, 2.45) is 0 Å². The number of furan rings is 1. The number of aromatic nitrogens is 2. The Morgan fingerprint density at radius 3 is 3.05 bits per heavy atom. The van der Waals surface area contributed by atoms with Gasteiger partial charge in [0.25, 0.3) is 5.56 Å². The number of thiophene rings is 1. The Hall–Kier alpha value is -2.41. The molecule has 0 aromatic carbocycles. The van der Waals surface area contributed by atoms with Crippen molar-refractivity contribution in [3.63, 3.8) is 0 Å². The zero-order valence-corrected chi connectivity index (χ0v) is 11.3. The Morgan fingerprint density at radius 1 is 1.55 bits per heavy atom. The normalized spacial score (nSPS) is 11.1. The van der Waals surface area contributed by atoms with Gasteiger partial charge in [0.2, 0.25) is 5.76 Å². The molecule has 0 bridgehead atoms. The van der Waals surface area contributed by atoms with E-state index in [0.717, 1.165) is 0 Å². The van der Waals surface area contributed by atoms with Gasteiger partial charge in [0.1, 0.15) is 10.5 Å². The van der Waals surface area contributed by atoms with Gasteiger partial charge in [0, 0.05) is 5.56 Å². The van der Waals surface area contributed by atoms with E-state index in [4.69, 9.17) is 9.52 Å². The van der Waals surface area contributed by atoms with Gasteiger partial charge in [0.15, 0.2) is 0 Å². The van der Waals surface area contributed by atoms with Crippen molar-refractivity contribution in [1.29, 1.82) is 0 Å². The molecule has 1 N–H and O–H groups in total. The van der Waals surface area contributed by atoms with E-state index in [0.29, 0.717) is 21.5 Å². The summed E-state index contributed by atoms with van der Waals surface area (Å²) >= 11 is 1.34. The molecule has 0 aliphatic rings. The minimum atomic E-state index is -1.13. The summed E-state index contributed by atoms with van der Waals surface area (Å²) < 4.78 is 7.16. The number of hydrogen-bond donors (Lipinski definition) is 1. The minimum Gasteiger partial charge on any atom is -0.475 e. The molecule has 3 aromatic heterocycles. The standard InChI is InChI=1S/C13H10N2O4S/c1-7-8(4-10(19-7)13(17)18)5-15-6-14-9-2-3-20-11(9)12(15)16/h2-4,6H,5H2,1H3,(H,17,18). The minimum absolute atomic E-state index is 0.129. The number of fused-ring (bicyclic) bond motifs is 1. The monoisotopic (exact) mass is 290 g/mol. The maximum atomic E-state index is 12.2. The number of carboxylic acids is 1. The van der Waals surface area contributed by atoms with E-state index in [1.54, 1.807) is 13.0 Å². The van der Waals surface area contributed by atoms with Gasteiger partial charge >= 0.3 is 5.97 Å². The van der Waals surface area contributed by atoms with Crippen molar-refractivity contribution in [2.45, 2.75) is 13.5 Å². The van der Waals surface area contributed by atoms with E-state index in [2.05, 4.69) is 4.98 Å². The van der Waals surface area contributed by atoms with Crippen molar-refractivity contribution >= 4 is 27.5 Å². The lowest BCUT2D eigenvalue weighted by Gasteiger charge is -2.03. The van der Waals surface area contributed by atoms with Crippen molar-refractivity contribution in [3.05, 3.63) is 51.3 Å². The lowest BCUT2D eigenvalue weighted by molar-refractivity contribution is 0.0661. The molecule has 6 nitrogen and oxygen atoms in total. The van der Waals surface area contributed by atoms with E-state index in [-0.39, 0.29) is 17.9 Å². The summed E-state index contributed by atoms with van der Waals surface area (Å²) in [6, 6.07) is 3.22. The predicted molar refractivity (Wildman–Crippen MR) is 73.4 cm³/mol. The highest BCUT2D eigenvalue weighted by atomic mass is 32.1. The van der Waals surface area contributed by atoms with Crippen LogP contribution < -0.4 is 5.56 Å². The molecule has 0 unspecified atom stereocenters. The predicted octanol–water partition coefficient (Wildman–Crippen LogP) is 2.11. The molecule has 3 aromatic rings. The maximum Gasteiger partial charge on any atom is 0.371 e. The third-order valence-electron chi connectivity index (χ3n) is 3.01. The molecule has 3 heterocycles. The highest BCUT2D eigenvalue weighted by molar-refractivity contribution is 7.17. The highest BCUT2D eigenvalue weighted by Crippen LogP contribution is 2.17. The van der Waals surface area contributed by atoms with Crippen molar-refractivity contribution in [2.75, 3.05) is 0 Å². The summed E-state index contributed by atoms with van der Waals surface area (Å²) in [5.74, 6) is -0.769. The molecule has 3 rings (SSSR count). The number of aryl methyl sites for hydroxylation is 1. The summed E-state index contributed by atoms with van der Waals surface area (Å²) in [5.41, 5.74) is 1.19. The number of carbonyl (C=O) groups is 1. The van der Waals surface area contributed by atoms with Crippen LogP contribution >= 0.6 is 11.3 Å². The molecule has 0 fully saturated rings. The first-order valence-corrected chi connectivity index (χ1v) is 6.69. The fourth-order valence-electron chi connectivity index (χ4n) is 1.96. The fraction of sp³-hybridized carbons (Fsp3) is 0.154. The van der Waals surface area contributed by atoms with E-state index in [1.165, 1.54) is 28.3 Å². The Labute approximate surface area is 116 Å². The Morgan fingerprint density at radius 2 is 2.35 bits per heavy atom. The van der Waals surface area contributed by atoms with Crippen LogP contribution in [0, 0.1) is 6.92 Å². The molecule has 0 saturated carbocycles. The van der Waals surface area contributed by atoms with Gasteiger partial charge in [-0.3, -0.25) is 9.36 Å². The third-order valence-corrected chi connectivity index (χ3v) is 3.90. The fourth-order valence-corrected chi connectivity index (χ4v) is 2.75.